The first-order chi connectivity index (χ1) is 7.95. The van der Waals surface area contributed by atoms with Crippen LogP contribution in [0, 0.1) is 0 Å². The second-order valence-corrected chi connectivity index (χ2v) is 3.79. The molecule has 0 saturated carbocycles. The number of benzene rings is 1. The lowest BCUT2D eigenvalue weighted by Gasteiger charge is -2.08. The highest BCUT2D eigenvalue weighted by Crippen LogP contribution is 2.22. The summed E-state index contributed by atoms with van der Waals surface area (Å²) in [6, 6.07) is 3.52. The van der Waals surface area contributed by atoms with E-state index in [0.29, 0.717) is 0 Å². The summed E-state index contributed by atoms with van der Waals surface area (Å²) in [5, 5.41) is 27.3. The van der Waals surface area contributed by atoms with Crippen LogP contribution >= 0.6 is 11.6 Å². The number of phenolic OH excluding ortho intramolecular Hbond substituents is 1. The molecule has 0 amide bonds. The van der Waals surface area contributed by atoms with E-state index in [1.54, 1.807) is 0 Å². The Morgan fingerprint density at radius 2 is 1.94 bits per heavy atom. The van der Waals surface area contributed by atoms with Gasteiger partial charge >= 0.3 is 5.97 Å². The number of alkyl halides is 1. The summed E-state index contributed by atoms with van der Waals surface area (Å²) in [7, 11) is 0. The van der Waals surface area contributed by atoms with Crippen LogP contribution in [-0.4, -0.2) is 33.0 Å². The highest BCUT2D eigenvalue weighted by molar-refractivity contribution is 6.19. The Bertz CT molecular complexity index is 443. The van der Waals surface area contributed by atoms with Crippen LogP contribution in [0.5, 0.6) is 5.75 Å². The molecule has 1 unspecified atom stereocenters. The average molecular weight is 259 g/mol. The van der Waals surface area contributed by atoms with E-state index in [1.165, 1.54) is 12.1 Å². The molecule has 17 heavy (non-hydrogen) atoms. The Hall–Kier alpha value is -1.59. The number of carboxylic acids is 1. The zero-order valence-electron chi connectivity index (χ0n) is 8.76. The normalized spacial score (nSPS) is 12.1. The standard InChI is InChI=1S/C11H11ClO5/c12-2-1-9(14)6-3-7(5-8(13)4-6)10(15)11(16)17/h3-5,10,13,15H,1-2H2,(H,16,17). The van der Waals surface area contributed by atoms with Crippen LogP contribution in [0.2, 0.25) is 0 Å². The van der Waals surface area contributed by atoms with Gasteiger partial charge in [-0.3, -0.25) is 4.79 Å². The van der Waals surface area contributed by atoms with Crippen molar-refractivity contribution < 1.29 is 24.9 Å². The summed E-state index contributed by atoms with van der Waals surface area (Å²) < 4.78 is 0. The lowest BCUT2D eigenvalue weighted by atomic mass is 10.0. The molecule has 0 aliphatic rings. The Labute approximate surface area is 102 Å². The summed E-state index contributed by atoms with van der Waals surface area (Å²) in [5.41, 5.74) is 0.0800. The van der Waals surface area contributed by atoms with Gasteiger partial charge in [-0.25, -0.2) is 4.79 Å². The molecule has 1 aromatic rings. The van der Waals surface area contributed by atoms with Gasteiger partial charge in [0.2, 0.25) is 0 Å². The van der Waals surface area contributed by atoms with Crippen molar-refractivity contribution in [1.29, 1.82) is 0 Å². The molecule has 0 aliphatic heterocycles. The largest absolute Gasteiger partial charge is 0.508 e. The van der Waals surface area contributed by atoms with Gasteiger partial charge in [-0.15, -0.1) is 11.6 Å². The molecule has 0 bridgehead atoms. The molecule has 0 fully saturated rings. The molecule has 0 aliphatic carbocycles. The molecule has 1 rings (SSSR count). The van der Waals surface area contributed by atoms with E-state index in [9.17, 15) is 19.8 Å². The molecule has 92 valence electrons. The first kappa shape index (κ1) is 13.5. The molecule has 0 heterocycles. The van der Waals surface area contributed by atoms with E-state index < -0.39 is 12.1 Å². The third-order valence-electron chi connectivity index (χ3n) is 2.13. The predicted octanol–water partition coefficient (Wildman–Crippen LogP) is 1.32. The van der Waals surface area contributed by atoms with Crippen molar-refractivity contribution in [3.05, 3.63) is 29.3 Å². The van der Waals surface area contributed by atoms with Crippen LogP contribution in [0.4, 0.5) is 0 Å². The number of aliphatic hydroxyl groups is 1. The van der Waals surface area contributed by atoms with E-state index in [0.717, 1.165) is 6.07 Å². The predicted molar refractivity (Wildman–Crippen MR) is 60.4 cm³/mol. The van der Waals surface area contributed by atoms with Crippen molar-refractivity contribution in [3.8, 4) is 5.75 Å². The molecule has 3 N–H and O–H groups in total. The zero-order valence-corrected chi connectivity index (χ0v) is 9.52. The maximum Gasteiger partial charge on any atom is 0.337 e. The van der Waals surface area contributed by atoms with Gasteiger partial charge < -0.3 is 15.3 Å². The molecule has 0 aromatic heterocycles. The number of aliphatic hydroxyl groups excluding tert-OH is 1. The number of halogens is 1. The van der Waals surface area contributed by atoms with Crippen LogP contribution in [-0.2, 0) is 4.79 Å². The molecule has 1 aromatic carbocycles. The minimum atomic E-state index is -1.77. The fourth-order valence-electron chi connectivity index (χ4n) is 1.33. The van der Waals surface area contributed by atoms with Crippen LogP contribution in [0.3, 0.4) is 0 Å². The average Bonchev–Trinajstić information content (AvgIpc) is 2.27. The second-order valence-electron chi connectivity index (χ2n) is 3.42. The van der Waals surface area contributed by atoms with Crippen molar-refractivity contribution in [2.24, 2.45) is 0 Å². The third-order valence-corrected chi connectivity index (χ3v) is 2.32. The Morgan fingerprint density at radius 1 is 1.29 bits per heavy atom. The number of aromatic hydroxyl groups is 1. The quantitative estimate of drug-likeness (QED) is 0.547. The number of carboxylic acid groups (broad SMARTS) is 1. The van der Waals surface area contributed by atoms with Crippen molar-refractivity contribution in [1.82, 2.24) is 0 Å². The highest BCUT2D eigenvalue weighted by atomic mass is 35.5. The summed E-state index contributed by atoms with van der Waals surface area (Å²) in [4.78, 5) is 22.1. The topological polar surface area (TPSA) is 94.8 Å². The second kappa shape index (κ2) is 5.65. The summed E-state index contributed by atoms with van der Waals surface area (Å²) in [5.74, 6) is -1.92. The van der Waals surface area contributed by atoms with E-state index in [4.69, 9.17) is 16.7 Å². The molecular weight excluding hydrogens is 248 g/mol. The number of aliphatic carboxylic acids is 1. The maximum atomic E-state index is 11.5. The monoisotopic (exact) mass is 258 g/mol. The molecule has 1 atom stereocenters. The van der Waals surface area contributed by atoms with Gasteiger partial charge in [-0.2, -0.15) is 0 Å². The van der Waals surface area contributed by atoms with Gasteiger partial charge in [0.15, 0.2) is 11.9 Å². The highest BCUT2D eigenvalue weighted by Gasteiger charge is 2.18. The van der Waals surface area contributed by atoms with Crippen molar-refractivity contribution in [3.63, 3.8) is 0 Å². The first-order valence-electron chi connectivity index (χ1n) is 4.79. The van der Waals surface area contributed by atoms with Crippen molar-refractivity contribution >= 4 is 23.4 Å². The van der Waals surface area contributed by atoms with Gasteiger partial charge in [-0.1, -0.05) is 0 Å². The van der Waals surface area contributed by atoms with Crippen LogP contribution in [0.25, 0.3) is 0 Å². The van der Waals surface area contributed by atoms with Gasteiger partial charge in [-0.05, 0) is 23.8 Å². The zero-order chi connectivity index (χ0) is 13.0. The lowest BCUT2D eigenvalue weighted by molar-refractivity contribution is -0.146. The van der Waals surface area contributed by atoms with Crippen LogP contribution in [0.1, 0.15) is 28.4 Å². The molecule has 0 radical (unpaired) electrons. The van der Waals surface area contributed by atoms with Gasteiger partial charge in [0, 0.05) is 17.9 Å². The van der Waals surface area contributed by atoms with Crippen molar-refractivity contribution in [2.45, 2.75) is 12.5 Å². The third kappa shape index (κ3) is 3.44. The summed E-state index contributed by atoms with van der Waals surface area (Å²) in [6.07, 6.45) is -1.70. The fourth-order valence-corrected chi connectivity index (χ4v) is 1.50. The molecule has 0 saturated heterocycles. The number of Topliss-reactive ketones (excluding diaryl/α,β-unsaturated/α-hetero) is 1. The number of carbonyl (C=O) groups is 2. The van der Waals surface area contributed by atoms with E-state index in [1.807, 2.05) is 0 Å². The number of rotatable bonds is 5. The SMILES string of the molecule is O=C(CCCl)c1cc(O)cc(C(O)C(=O)O)c1. The minimum Gasteiger partial charge on any atom is -0.508 e. The van der Waals surface area contributed by atoms with Crippen molar-refractivity contribution in [2.75, 3.05) is 5.88 Å². The smallest absolute Gasteiger partial charge is 0.337 e. The molecule has 6 heteroatoms. The van der Waals surface area contributed by atoms with E-state index in [-0.39, 0.29) is 35.0 Å². The summed E-state index contributed by atoms with van der Waals surface area (Å²) >= 11 is 5.41. The Kier molecular flexibility index (Phi) is 4.48. The number of phenols is 1. The minimum absolute atomic E-state index is 0.0459. The number of hydrogen-bond acceptors (Lipinski definition) is 4. The fraction of sp³-hybridized carbons (Fsp3) is 0.273. The molecule has 5 nitrogen and oxygen atoms in total. The Balaban J connectivity index is 3.10. The number of carbonyl (C=O) groups excluding carboxylic acids is 1. The summed E-state index contributed by atoms with van der Waals surface area (Å²) in [6.45, 7) is 0. The van der Waals surface area contributed by atoms with E-state index >= 15 is 0 Å². The maximum absolute atomic E-state index is 11.5. The number of ketones is 1. The van der Waals surface area contributed by atoms with Crippen LogP contribution in [0.15, 0.2) is 18.2 Å². The molecule has 0 spiro atoms. The first-order valence-corrected chi connectivity index (χ1v) is 5.33. The molecular formula is C11H11ClO5. The van der Waals surface area contributed by atoms with Gasteiger partial charge in [0.05, 0.1) is 0 Å². The number of hydrogen-bond donors (Lipinski definition) is 3. The lowest BCUT2D eigenvalue weighted by Crippen LogP contribution is -2.11. The Morgan fingerprint density at radius 3 is 2.47 bits per heavy atom. The van der Waals surface area contributed by atoms with E-state index in [2.05, 4.69) is 0 Å². The van der Waals surface area contributed by atoms with Gasteiger partial charge in [0.25, 0.3) is 0 Å². The van der Waals surface area contributed by atoms with Gasteiger partial charge in [0.1, 0.15) is 5.75 Å². The van der Waals surface area contributed by atoms with Crippen LogP contribution < -0.4 is 0 Å².